The molecule has 0 rings (SSSR count). The Morgan fingerprint density at radius 1 is 1.37 bits per heavy atom. The van der Waals surface area contributed by atoms with Crippen molar-refractivity contribution in [1.29, 1.82) is 0 Å². The van der Waals surface area contributed by atoms with Gasteiger partial charge in [-0.25, -0.2) is 9.59 Å². The van der Waals surface area contributed by atoms with Gasteiger partial charge < -0.3 is 20.5 Å². The van der Waals surface area contributed by atoms with Crippen molar-refractivity contribution >= 4 is 18.0 Å². The van der Waals surface area contributed by atoms with Gasteiger partial charge in [0.1, 0.15) is 6.04 Å². The number of allylic oxidation sites excluding steroid dienone is 1. The number of carboxylic acids is 1. The van der Waals surface area contributed by atoms with Crippen molar-refractivity contribution in [1.82, 2.24) is 10.6 Å². The minimum atomic E-state index is -1.19. The van der Waals surface area contributed by atoms with Crippen molar-refractivity contribution in [2.75, 3.05) is 13.7 Å². The van der Waals surface area contributed by atoms with Gasteiger partial charge in [0.05, 0.1) is 7.11 Å². The quantitative estimate of drug-likeness (QED) is 0.342. The first-order valence-electron chi connectivity index (χ1n) is 5.96. The maximum atomic E-state index is 11.4. The first-order valence-corrected chi connectivity index (χ1v) is 5.96. The molecule has 0 radical (unpaired) electrons. The first kappa shape index (κ1) is 16.9. The van der Waals surface area contributed by atoms with E-state index in [1.165, 1.54) is 7.11 Å². The molecule has 0 saturated heterocycles. The molecular formula is C12H20N2O5. The van der Waals surface area contributed by atoms with E-state index in [0.29, 0.717) is 13.0 Å². The number of hydrogen-bond donors (Lipinski definition) is 3. The van der Waals surface area contributed by atoms with E-state index in [4.69, 9.17) is 5.11 Å². The summed E-state index contributed by atoms with van der Waals surface area (Å²) in [6.45, 7) is 2.28. The molecule has 0 aromatic rings. The summed E-state index contributed by atoms with van der Waals surface area (Å²) < 4.78 is 4.41. The van der Waals surface area contributed by atoms with Crippen molar-refractivity contribution < 1.29 is 24.2 Å². The lowest BCUT2D eigenvalue weighted by molar-refractivity contribution is -0.142. The largest absolute Gasteiger partial charge is 0.480 e. The van der Waals surface area contributed by atoms with Gasteiger partial charge in [-0.05, 0) is 19.8 Å². The van der Waals surface area contributed by atoms with E-state index in [0.717, 1.165) is 0 Å². The molecule has 0 aliphatic rings. The molecule has 0 unspecified atom stereocenters. The maximum Gasteiger partial charge on any atom is 0.326 e. The van der Waals surface area contributed by atoms with Gasteiger partial charge in [-0.1, -0.05) is 12.2 Å². The van der Waals surface area contributed by atoms with Gasteiger partial charge in [-0.15, -0.1) is 0 Å². The third-order valence-electron chi connectivity index (χ3n) is 2.30. The zero-order valence-corrected chi connectivity index (χ0v) is 11.1. The van der Waals surface area contributed by atoms with Crippen LogP contribution in [0, 0.1) is 0 Å². The fourth-order valence-electron chi connectivity index (χ4n) is 1.27. The SMILES string of the molecule is C/C=C/CCNC(=O)N[C@@H](CCC(=O)OC)C(=O)O. The number of ether oxygens (including phenoxy) is 1. The van der Waals surface area contributed by atoms with Gasteiger partial charge in [0.2, 0.25) is 0 Å². The Morgan fingerprint density at radius 3 is 2.58 bits per heavy atom. The highest BCUT2D eigenvalue weighted by molar-refractivity contribution is 5.83. The lowest BCUT2D eigenvalue weighted by Crippen LogP contribution is -2.46. The predicted octanol–water partition coefficient (Wildman–Crippen LogP) is 0.658. The highest BCUT2D eigenvalue weighted by atomic mass is 16.5. The fourth-order valence-corrected chi connectivity index (χ4v) is 1.27. The summed E-state index contributed by atoms with van der Waals surface area (Å²) in [6, 6.07) is -1.68. The summed E-state index contributed by atoms with van der Waals surface area (Å²) in [5.41, 5.74) is 0. The number of aliphatic carboxylic acids is 1. The van der Waals surface area contributed by atoms with Gasteiger partial charge >= 0.3 is 18.0 Å². The number of urea groups is 1. The van der Waals surface area contributed by atoms with Crippen LogP contribution in [0.4, 0.5) is 4.79 Å². The van der Waals surface area contributed by atoms with E-state index in [-0.39, 0.29) is 12.8 Å². The van der Waals surface area contributed by atoms with Crippen LogP contribution in [0.3, 0.4) is 0 Å². The van der Waals surface area contributed by atoms with Crippen molar-refractivity contribution in [2.24, 2.45) is 0 Å². The number of esters is 1. The Morgan fingerprint density at radius 2 is 2.05 bits per heavy atom. The third-order valence-corrected chi connectivity index (χ3v) is 2.30. The molecule has 0 fully saturated rings. The van der Waals surface area contributed by atoms with Crippen molar-refractivity contribution in [3.63, 3.8) is 0 Å². The molecule has 7 nitrogen and oxygen atoms in total. The van der Waals surface area contributed by atoms with Crippen LogP contribution < -0.4 is 10.6 Å². The zero-order chi connectivity index (χ0) is 14.7. The van der Waals surface area contributed by atoms with Crippen molar-refractivity contribution in [3.05, 3.63) is 12.2 Å². The Bertz CT molecular complexity index is 341. The Balaban J connectivity index is 4.08. The molecule has 0 aromatic carbocycles. The van der Waals surface area contributed by atoms with Crippen LogP contribution in [0.25, 0.3) is 0 Å². The normalized spacial score (nSPS) is 11.9. The van der Waals surface area contributed by atoms with Crippen LogP contribution in [0.5, 0.6) is 0 Å². The Labute approximate surface area is 112 Å². The Kier molecular flexibility index (Phi) is 8.86. The summed E-state index contributed by atoms with van der Waals surface area (Å²) in [5, 5.41) is 13.7. The first-order chi connectivity index (χ1) is 9.01. The number of rotatable bonds is 8. The maximum absolute atomic E-state index is 11.4. The molecule has 7 heteroatoms. The highest BCUT2D eigenvalue weighted by Gasteiger charge is 2.20. The molecule has 0 spiro atoms. The number of carbonyl (C=O) groups is 3. The van der Waals surface area contributed by atoms with Crippen LogP contribution in [0.1, 0.15) is 26.2 Å². The molecule has 0 heterocycles. The van der Waals surface area contributed by atoms with E-state index in [1.807, 2.05) is 19.1 Å². The lowest BCUT2D eigenvalue weighted by Gasteiger charge is -2.14. The smallest absolute Gasteiger partial charge is 0.326 e. The second-order valence-corrected chi connectivity index (χ2v) is 3.76. The second kappa shape index (κ2) is 9.93. The number of amides is 2. The van der Waals surface area contributed by atoms with Gasteiger partial charge in [-0.3, -0.25) is 4.79 Å². The van der Waals surface area contributed by atoms with Crippen LogP contribution >= 0.6 is 0 Å². The molecule has 19 heavy (non-hydrogen) atoms. The zero-order valence-electron chi connectivity index (χ0n) is 11.1. The van der Waals surface area contributed by atoms with Crippen LogP contribution in [0.15, 0.2) is 12.2 Å². The predicted molar refractivity (Wildman–Crippen MR) is 68.6 cm³/mol. The van der Waals surface area contributed by atoms with Gasteiger partial charge in [0, 0.05) is 13.0 Å². The van der Waals surface area contributed by atoms with Crippen LogP contribution in [-0.2, 0) is 14.3 Å². The average Bonchev–Trinajstić information content (AvgIpc) is 2.38. The number of carbonyl (C=O) groups excluding carboxylic acids is 2. The molecule has 2 amide bonds. The summed E-state index contributed by atoms with van der Waals surface area (Å²) in [6.07, 6.45) is 4.34. The summed E-state index contributed by atoms with van der Waals surface area (Å²) in [4.78, 5) is 33.2. The van der Waals surface area contributed by atoms with Crippen LogP contribution in [-0.4, -0.2) is 42.8 Å². The molecule has 0 aromatic heterocycles. The Hall–Kier alpha value is -2.05. The summed E-state index contributed by atoms with van der Waals surface area (Å²) in [5.74, 6) is -1.70. The molecular weight excluding hydrogens is 252 g/mol. The molecule has 0 saturated carbocycles. The number of methoxy groups -OCH3 is 1. The molecule has 0 aliphatic carbocycles. The average molecular weight is 272 g/mol. The van der Waals surface area contributed by atoms with E-state index in [9.17, 15) is 14.4 Å². The number of hydrogen-bond acceptors (Lipinski definition) is 4. The standard InChI is InChI=1S/C12H20N2O5/c1-3-4-5-8-13-12(18)14-9(11(16)17)6-7-10(15)19-2/h3-4,9H,5-8H2,1-2H3,(H,16,17)(H2,13,14,18)/b4-3+/t9-/m0/s1. The summed E-state index contributed by atoms with van der Waals surface area (Å²) in [7, 11) is 1.22. The van der Waals surface area contributed by atoms with E-state index < -0.39 is 24.0 Å². The third kappa shape index (κ3) is 8.64. The van der Waals surface area contributed by atoms with E-state index in [2.05, 4.69) is 15.4 Å². The van der Waals surface area contributed by atoms with Gasteiger partial charge in [-0.2, -0.15) is 0 Å². The highest BCUT2D eigenvalue weighted by Crippen LogP contribution is 1.99. The minimum Gasteiger partial charge on any atom is -0.480 e. The fraction of sp³-hybridized carbons (Fsp3) is 0.583. The molecule has 0 aliphatic heterocycles. The van der Waals surface area contributed by atoms with Crippen LogP contribution in [0.2, 0.25) is 0 Å². The van der Waals surface area contributed by atoms with Gasteiger partial charge in [0.15, 0.2) is 0 Å². The monoisotopic (exact) mass is 272 g/mol. The van der Waals surface area contributed by atoms with Crippen molar-refractivity contribution in [2.45, 2.75) is 32.2 Å². The topological polar surface area (TPSA) is 105 Å². The minimum absolute atomic E-state index is 0.00963. The lowest BCUT2D eigenvalue weighted by atomic mass is 10.1. The molecule has 1 atom stereocenters. The number of carboxylic acid groups (broad SMARTS) is 1. The van der Waals surface area contributed by atoms with Crippen molar-refractivity contribution in [3.8, 4) is 0 Å². The van der Waals surface area contributed by atoms with E-state index >= 15 is 0 Å². The summed E-state index contributed by atoms with van der Waals surface area (Å²) >= 11 is 0. The van der Waals surface area contributed by atoms with Gasteiger partial charge in [0.25, 0.3) is 0 Å². The second-order valence-electron chi connectivity index (χ2n) is 3.76. The molecule has 108 valence electrons. The molecule has 0 bridgehead atoms. The van der Waals surface area contributed by atoms with E-state index in [1.54, 1.807) is 0 Å². The number of nitrogens with one attached hydrogen (secondary N) is 2. The molecule has 3 N–H and O–H groups in total.